The van der Waals surface area contributed by atoms with Crippen molar-refractivity contribution in [1.82, 2.24) is 5.32 Å². The van der Waals surface area contributed by atoms with Crippen LogP contribution in [0.4, 0.5) is 0 Å². The first-order valence-electron chi connectivity index (χ1n) is 6.67. The van der Waals surface area contributed by atoms with Crippen molar-refractivity contribution in [2.45, 2.75) is 39.7 Å². The van der Waals surface area contributed by atoms with Gasteiger partial charge in [-0.15, -0.1) is 0 Å². The third kappa shape index (κ3) is 6.41. The Bertz CT molecular complexity index is 393. The molecule has 98 valence electrons. The van der Waals surface area contributed by atoms with Gasteiger partial charge in [0.15, 0.2) is 0 Å². The zero-order chi connectivity index (χ0) is 13.4. The molecule has 0 atom stereocenters. The van der Waals surface area contributed by atoms with Crippen LogP contribution in [0.15, 0.2) is 48.1 Å². The SMILES string of the molecule is CCC(=CC=Cc1ccccc1)CNC(C)(C)C. The van der Waals surface area contributed by atoms with Crippen LogP contribution < -0.4 is 5.32 Å². The fourth-order valence-electron chi connectivity index (χ4n) is 1.54. The monoisotopic (exact) mass is 243 g/mol. The maximum absolute atomic E-state index is 3.52. The van der Waals surface area contributed by atoms with Crippen LogP contribution in [0.5, 0.6) is 0 Å². The fourth-order valence-corrected chi connectivity index (χ4v) is 1.54. The summed E-state index contributed by atoms with van der Waals surface area (Å²) in [7, 11) is 0. The lowest BCUT2D eigenvalue weighted by molar-refractivity contribution is 0.442. The van der Waals surface area contributed by atoms with Crippen molar-refractivity contribution in [3.05, 3.63) is 53.6 Å². The third-order valence-corrected chi connectivity index (χ3v) is 2.72. The van der Waals surface area contributed by atoms with Crippen molar-refractivity contribution in [3.63, 3.8) is 0 Å². The van der Waals surface area contributed by atoms with Crippen LogP contribution in [-0.2, 0) is 0 Å². The van der Waals surface area contributed by atoms with Crippen LogP contribution in [0.3, 0.4) is 0 Å². The summed E-state index contributed by atoms with van der Waals surface area (Å²) in [4.78, 5) is 0. The van der Waals surface area contributed by atoms with Gasteiger partial charge in [0.25, 0.3) is 0 Å². The minimum absolute atomic E-state index is 0.178. The molecule has 0 saturated heterocycles. The second-order valence-corrected chi connectivity index (χ2v) is 5.55. The molecule has 0 spiro atoms. The summed E-state index contributed by atoms with van der Waals surface area (Å²) in [5.74, 6) is 0. The Hall–Kier alpha value is -1.34. The van der Waals surface area contributed by atoms with E-state index in [1.165, 1.54) is 11.1 Å². The molecule has 1 heteroatoms. The maximum Gasteiger partial charge on any atom is 0.0172 e. The smallest absolute Gasteiger partial charge is 0.0172 e. The Labute approximate surface area is 112 Å². The van der Waals surface area contributed by atoms with E-state index in [4.69, 9.17) is 0 Å². The minimum Gasteiger partial charge on any atom is -0.308 e. The molecule has 0 fully saturated rings. The number of rotatable bonds is 5. The Kier molecular flexibility index (Phi) is 5.87. The van der Waals surface area contributed by atoms with Crippen molar-refractivity contribution in [3.8, 4) is 0 Å². The van der Waals surface area contributed by atoms with E-state index in [-0.39, 0.29) is 5.54 Å². The second-order valence-electron chi connectivity index (χ2n) is 5.55. The lowest BCUT2D eigenvalue weighted by atomic mass is 10.1. The predicted octanol–water partition coefficient (Wildman–Crippen LogP) is 4.42. The maximum atomic E-state index is 3.52. The van der Waals surface area contributed by atoms with Crippen LogP contribution >= 0.6 is 0 Å². The van der Waals surface area contributed by atoms with Crippen molar-refractivity contribution in [2.75, 3.05) is 6.54 Å². The molecular weight excluding hydrogens is 218 g/mol. The second kappa shape index (κ2) is 7.17. The molecular formula is C17H25N. The lowest BCUT2D eigenvalue weighted by Crippen LogP contribution is -2.36. The lowest BCUT2D eigenvalue weighted by Gasteiger charge is -2.21. The summed E-state index contributed by atoms with van der Waals surface area (Å²) < 4.78 is 0. The number of benzene rings is 1. The number of hydrogen-bond donors (Lipinski definition) is 1. The van der Waals surface area contributed by atoms with Gasteiger partial charge in [-0.1, -0.05) is 61.1 Å². The quantitative estimate of drug-likeness (QED) is 0.755. The molecule has 0 radical (unpaired) electrons. The average molecular weight is 243 g/mol. The van der Waals surface area contributed by atoms with Gasteiger partial charge < -0.3 is 5.32 Å². The number of hydrogen-bond acceptors (Lipinski definition) is 1. The average Bonchev–Trinajstić information content (AvgIpc) is 2.33. The Balaban J connectivity index is 2.55. The predicted molar refractivity (Wildman–Crippen MR) is 81.6 cm³/mol. The van der Waals surface area contributed by atoms with Crippen molar-refractivity contribution >= 4 is 6.08 Å². The molecule has 0 amide bonds. The van der Waals surface area contributed by atoms with Gasteiger partial charge in [0, 0.05) is 12.1 Å². The van der Waals surface area contributed by atoms with E-state index in [9.17, 15) is 0 Å². The normalized spacial score (nSPS) is 13.2. The largest absolute Gasteiger partial charge is 0.308 e. The number of allylic oxidation sites excluding steroid dienone is 2. The summed E-state index contributed by atoms with van der Waals surface area (Å²) >= 11 is 0. The van der Waals surface area contributed by atoms with E-state index in [0.29, 0.717) is 0 Å². The van der Waals surface area contributed by atoms with Gasteiger partial charge in [0.2, 0.25) is 0 Å². The molecule has 0 unspecified atom stereocenters. The van der Waals surface area contributed by atoms with Crippen LogP contribution in [0.1, 0.15) is 39.7 Å². The highest BCUT2D eigenvalue weighted by molar-refractivity contribution is 5.51. The van der Waals surface area contributed by atoms with E-state index < -0.39 is 0 Å². The van der Waals surface area contributed by atoms with E-state index in [2.05, 4.69) is 75.5 Å². The van der Waals surface area contributed by atoms with E-state index in [1.807, 2.05) is 6.07 Å². The summed E-state index contributed by atoms with van der Waals surface area (Å²) in [6, 6.07) is 10.4. The molecule has 0 heterocycles. The Morgan fingerprint density at radius 3 is 2.39 bits per heavy atom. The van der Waals surface area contributed by atoms with Gasteiger partial charge in [-0.3, -0.25) is 0 Å². The van der Waals surface area contributed by atoms with E-state index in [1.54, 1.807) is 0 Å². The first kappa shape index (κ1) is 14.7. The molecule has 0 aliphatic carbocycles. The van der Waals surface area contributed by atoms with Crippen LogP contribution in [0.2, 0.25) is 0 Å². The molecule has 0 aliphatic rings. The van der Waals surface area contributed by atoms with Crippen LogP contribution in [-0.4, -0.2) is 12.1 Å². The summed E-state index contributed by atoms with van der Waals surface area (Å²) in [6.45, 7) is 9.74. The summed E-state index contributed by atoms with van der Waals surface area (Å²) in [5, 5.41) is 3.52. The molecule has 1 N–H and O–H groups in total. The topological polar surface area (TPSA) is 12.0 Å². The molecule has 1 aromatic rings. The molecule has 0 aliphatic heterocycles. The third-order valence-electron chi connectivity index (χ3n) is 2.72. The Morgan fingerprint density at radius 1 is 1.17 bits per heavy atom. The summed E-state index contributed by atoms with van der Waals surface area (Å²) in [6.07, 6.45) is 7.58. The molecule has 0 aromatic heterocycles. The summed E-state index contributed by atoms with van der Waals surface area (Å²) in [5.41, 5.74) is 2.85. The molecule has 1 aromatic carbocycles. The highest BCUT2D eigenvalue weighted by Crippen LogP contribution is 2.06. The Morgan fingerprint density at radius 2 is 1.83 bits per heavy atom. The van der Waals surface area contributed by atoms with Crippen LogP contribution in [0.25, 0.3) is 6.08 Å². The van der Waals surface area contributed by atoms with Crippen molar-refractivity contribution in [2.24, 2.45) is 0 Å². The fraction of sp³-hybridized carbons (Fsp3) is 0.412. The number of nitrogens with one attached hydrogen (secondary N) is 1. The molecule has 1 rings (SSSR count). The first-order chi connectivity index (χ1) is 8.51. The zero-order valence-corrected chi connectivity index (χ0v) is 12.0. The first-order valence-corrected chi connectivity index (χ1v) is 6.67. The molecule has 0 bridgehead atoms. The highest BCUT2D eigenvalue weighted by Gasteiger charge is 2.08. The van der Waals surface area contributed by atoms with Gasteiger partial charge in [0.05, 0.1) is 0 Å². The van der Waals surface area contributed by atoms with Gasteiger partial charge >= 0.3 is 0 Å². The van der Waals surface area contributed by atoms with Gasteiger partial charge in [0.1, 0.15) is 0 Å². The van der Waals surface area contributed by atoms with Crippen molar-refractivity contribution in [1.29, 1.82) is 0 Å². The minimum atomic E-state index is 0.178. The van der Waals surface area contributed by atoms with Crippen LogP contribution in [0, 0.1) is 0 Å². The molecule has 18 heavy (non-hydrogen) atoms. The molecule has 0 saturated carbocycles. The van der Waals surface area contributed by atoms with Gasteiger partial charge in [-0.25, -0.2) is 0 Å². The molecule has 1 nitrogen and oxygen atoms in total. The van der Waals surface area contributed by atoms with E-state index in [0.717, 1.165) is 13.0 Å². The van der Waals surface area contributed by atoms with E-state index >= 15 is 0 Å². The highest BCUT2D eigenvalue weighted by atomic mass is 14.9. The standard InChI is InChI=1S/C17H25N/c1-5-15(14-18-17(2,3)4)12-9-13-16-10-7-6-8-11-16/h6-13,18H,5,14H2,1-4H3. The zero-order valence-electron chi connectivity index (χ0n) is 12.0. The van der Waals surface area contributed by atoms with Gasteiger partial charge in [-0.05, 0) is 32.8 Å². The van der Waals surface area contributed by atoms with Crippen molar-refractivity contribution < 1.29 is 0 Å². The van der Waals surface area contributed by atoms with Gasteiger partial charge in [-0.2, -0.15) is 0 Å².